The second kappa shape index (κ2) is 1.72. The largest absolute Gasteiger partial charge is 0.383 e. The summed E-state index contributed by atoms with van der Waals surface area (Å²) in [5.74, 6) is 0. The monoisotopic (exact) mass is 119 g/mol. The van der Waals surface area contributed by atoms with Gasteiger partial charge in [-0.15, -0.1) is 0 Å². The van der Waals surface area contributed by atoms with Gasteiger partial charge >= 0.3 is 0 Å². The molecule has 0 saturated carbocycles. The molecule has 1 radical (unpaired) electrons. The Morgan fingerprint density at radius 2 is 2.67 bits per heavy atom. The standard InChI is InChI=1S/C7H7N2/c1-2-6-7(8-4-1)3-5-9-6/h1-2,9H,3,5H2. The number of anilines is 1. The third-order valence-corrected chi connectivity index (χ3v) is 1.51. The van der Waals surface area contributed by atoms with E-state index >= 15 is 0 Å². The third-order valence-electron chi connectivity index (χ3n) is 1.51. The minimum Gasteiger partial charge on any atom is -0.383 e. The predicted octanol–water partition coefficient (Wildman–Crippen LogP) is 0.850. The molecule has 1 aliphatic heterocycles. The highest BCUT2D eigenvalue weighted by Gasteiger charge is 2.08. The zero-order valence-corrected chi connectivity index (χ0v) is 5.02. The Morgan fingerprint density at radius 3 is 3.56 bits per heavy atom. The van der Waals surface area contributed by atoms with Crippen molar-refractivity contribution in [2.24, 2.45) is 0 Å². The summed E-state index contributed by atoms with van der Waals surface area (Å²) < 4.78 is 0. The van der Waals surface area contributed by atoms with Crippen molar-refractivity contribution in [2.45, 2.75) is 6.42 Å². The molecule has 1 aliphatic rings. The molecule has 1 aromatic heterocycles. The zero-order valence-electron chi connectivity index (χ0n) is 5.02. The summed E-state index contributed by atoms with van der Waals surface area (Å²) in [6, 6.07) is 3.84. The lowest BCUT2D eigenvalue weighted by Gasteiger charge is -1.93. The van der Waals surface area contributed by atoms with Crippen molar-refractivity contribution in [3.8, 4) is 0 Å². The van der Waals surface area contributed by atoms with Crippen molar-refractivity contribution in [3.63, 3.8) is 0 Å². The Balaban J connectivity index is 2.54. The second-order valence-electron chi connectivity index (χ2n) is 2.11. The summed E-state index contributed by atoms with van der Waals surface area (Å²) >= 11 is 0. The molecule has 0 fully saturated rings. The Morgan fingerprint density at radius 1 is 1.67 bits per heavy atom. The number of nitrogens with one attached hydrogen (secondary N) is 1. The molecular formula is C7H7N2. The lowest BCUT2D eigenvalue weighted by molar-refractivity contribution is 1.04. The molecule has 0 saturated heterocycles. The Bertz CT molecular complexity index is 197. The third kappa shape index (κ3) is 0.669. The van der Waals surface area contributed by atoms with Gasteiger partial charge in [0.05, 0.1) is 17.6 Å². The number of fused-ring (bicyclic) bond motifs is 1. The van der Waals surface area contributed by atoms with Crippen LogP contribution in [0.3, 0.4) is 0 Å². The van der Waals surface area contributed by atoms with Crippen LogP contribution in [0.15, 0.2) is 12.1 Å². The summed E-state index contributed by atoms with van der Waals surface area (Å²) in [5.41, 5.74) is 2.33. The zero-order chi connectivity index (χ0) is 6.10. The molecule has 9 heavy (non-hydrogen) atoms. The molecule has 0 bridgehead atoms. The number of aromatic nitrogens is 1. The van der Waals surface area contributed by atoms with Crippen LogP contribution in [0.25, 0.3) is 0 Å². The Kier molecular flexibility index (Phi) is 0.918. The molecule has 2 heterocycles. The Hall–Kier alpha value is -1.05. The SMILES string of the molecule is [c]1ccc2c(n1)CCN2. The van der Waals surface area contributed by atoms with Crippen LogP contribution in [0.4, 0.5) is 5.69 Å². The summed E-state index contributed by atoms with van der Waals surface area (Å²) in [5, 5.41) is 3.22. The molecule has 0 aliphatic carbocycles. The maximum Gasteiger partial charge on any atom is 0.0891 e. The van der Waals surface area contributed by atoms with Crippen molar-refractivity contribution < 1.29 is 0 Å². The topological polar surface area (TPSA) is 24.9 Å². The average molecular weight is 119 g/mol. The van der Waals surface area contributed by atoms with Crippen LogP contribution in [0.1, 0.15) is 5.69 Å². The van der Waals surface area contributed by atoms with Gasteiger partial charge < -0.3 is 5.32 Å². The van der Waals surface area contributed by atoms with Crippen molar-refractivity contribution in [1.82, 2.24) is 4.98 Å². The number of hydrogen-bond donors (Lipinski definition) is 1. The first-order valence-corrected chi connectivity index (χ1v) is 3.07. The van der Waals surface area contributed by atoms with Gasteiger partial charge in [0.1, 0.15) is 0 Å². The van der Waals surface area contributed by atoms with Crippen molar-refractivity contribution in [2.75, 3.05) is 11.9 Å². The molecule has 0 aromatic carbocycles. The fraction of sp³-hybridized carbons (Fsp3) is 0.286. The quantitative estimate of drug-likeness (QED) is 0.547. The molecule has 1 N–H and O–H groups in total. The van der Waals surface area contributed by atoms with Gasteiger partial charge in [0.15, 0.2) is 0 Å². The van der Waals surface area contributed by atoms with E-state index in [0.717, 1.165) is 18.7 Å². The van der Waals surface area contributed by atoms with E-state index in [1.54, 1.807) is 0 Å². The van der Waals surface area contributed by atoms with E-state index in [9.17, 15) is 0 Å². The van der Waals surface area contributed by atoms with E-state index in [1.807, 2.05) is 12.1 Å². The van der Waals surface area contributed by atoms with Crippen LogP contribution in [-0.4, -0.2) is 11.5 Å². The molecular weight excluding hydrogens is 112 g/mol. The molecule has 45 valence electrons. The molecule has 0 spiro atoms. The molecule has 2 heteroatoms. The van der Waals surface area contributed by atoms with Crippen LogP contribution in [0.2, 0.25) is 0 Å². The van der Waals surface area contributed by atoms with Crippen molar-refractivity contribution in [3.05, 3.63) is 24.0 Å². The van der Waals surface area contributed by atoms with Gasteiger partial charge in [-0.05, 0) is 12.1 Å². The maximum atomic E-state index is 4.07. The van der Waals surface area contributed by atoms with Crippen LogP contribution in [0, 0.1) is 6.20 Å². The van der Waals surface area contributed by atoms with Gasteiger partial charge in [0.25, 0.3) is 0 Å². The second-order valence-corrected chi connectivity index (χ2v) is 2.11. The normalized spacial score (nSPS) is 14.7. The van der Waals surface area contributed by atoms with Crippen LogP contribution >= 0.6 is 0 Å². The number of nitrogens with zero attached hydrogens (tertiary/aromatic N) is 1. The van der Waals surface area contributed by atoms with Gasteiger partial charge in [0.2, 0.25) is 0 Å². The van der Waals surface area contributed by atoms with Crippen LogP contribution in [-0.2, 0) is 6.42 Å². The first-order chi connectivity index (χ1) is 4.47. The number of hydrogen-bond acceptors (Lipinski definition) is 2. The molecule has 2 nitrogen and oxygen atoms in total. The summed E-state index contributed by atoms with van der Waals surface area (Å²) in [4.78, 5) is 4.07. The minimum absolute atomic E-state index is 1.03. The van der Waals surface area contributed by atoms with E-state index in [1.165, 1.54) is 5.69 Å². The number of rotatable bonds is 0. The number of pyridine rings is 1. The molecule has 1 aromatic rings. The van der Waals surface area contributed by atoms with Gasteiger partial charge in [-0.25, -0.2) is 4.98 Å². The fourth-order valence-corrected chi connectivity index (χ4v) is 1.06. The summed E-state index contributed by atoms with van der Waals surface area (Å²) in [6.07, 6.45) is 3.85. The summed E-state index contributed by atoms with van der Waals surface area (Å²) in [6.45, 7) is 1.03. The van der Waals surface area contributed by atoms with Crippen LogP contribution < -0.4 is 5.32 Å². The minimum atomic E-state index is 1.03. The molecule has 0 amide bonds. The first-order valence-electron chi connectivity index (χ1n) is 3.07. The summed E-state index contributed by atoms with van der Waals surface area (Å²) in [7, 11) is 0. The maximum absolute atomic E-state index is 4.07. The Labute approximate surface area is 53.9 Å². The van der Waals surface area contributed by atoms with E-state index in [0.29, 0.717) is 0 Å². The van der Waals surface area contributed by atoms with Gasteiger partial charge in [-0.2, -0.15) is 0 Å². The highest BCUT2D eigenvalue weighted by atomic mass is 14.9. The molecule has 0 unspecified atom stereocenters. The predicted molar refractivity (Wildman–Crippen MR) is 35.3 cm³/mol. The lowest BCUT2D eigenvalue weighted by Crippen LogP contribution is -1.90. The molecule has 2 rings (SSSR count). The van der Waals surface area contributed by atoms with Gasteiger partial charge in [-0.1, -0.05) is 0 Å². The highest BCUT2D eigenvalue weighted by molar-refractivity contribution is 5.51. The average Bonchev–Trinajstić information content (AvgIpc) is 2.33. The van der Waals surface area contributed by atoms with Gasteiger partial charge in [0, 0.05) is 13.0 Å². The fourth-order valence-electron chi connectivity index (χ4n) is 1.06. The molecule has 0 atom stereocenters. The smallest absolute Gasteiger partial charge is 0.0891 e. The van der Waals surface area contributed by atoms with E-state index in [-0.39, 0.29) is 0 Å². The lowest BCUT2D eigenvalue weighted by atomic mass is 10.3. The van der Waals surface area contributed by atoms with Crippen molar-refractivity contribution >= 4 is 5.69 Å². The van der Waals surface area contributed by atoms with E-state index < -0.39 is 0 Å². The van der Waals surface area contributed by atoms with Gasteiger partial charge in [-0.3, -0.25) is 0 Å². The van der Waals surface area contributed by atoms with E-state index in [2.05, 4.69) is 16.5 Å². The van der Waals surface area contributed by atoms with Crippen LogP contribution in [0.5, 0.6) is 0 Å². The first kappa shape index (κ1) is 4.79. The van der Waals surface area contributed by atoms with E-state index in [4.69, 9.17) is 0 Å². The van der Waals surface area contributed by atoms with Crippen molar-refractivity contribution in [1.29, 1.82) is 0 Å². The highest BCUT2D eigenvalue weighted by Crippen LogP contribution is 2.17.